The second-order valence-electron chi connectivity index (χ2n) is 6.31. The number of hydrogen-bond donors (Lipinski definition) is 0. The van der Waals surface area contributed by atoms with Crippen LogP contribution in [0.25, 0.3) is 10.2 Å². The third-order valence-electron chi connectivity index (χ3n) is 4.27. The number of amides is 1. The summed E-state index contributed by atoms with van der Waals surface area (Å²) >= 11 is 1.30. The third-order valence-corrected chi connectivity index (χ3v) is 5.31. The zero-order valence-electron chi connectivity index (χ0n) is 14.9. The van der Waals surface area contributed by atoms with E-state index in [2.05, 4.69) is 4.98 Å². The van der Waals surface area contributed by atoms with Crippen LogP contribution < -0.4 is 4.90 Å². The first kappa shape index (κ1) is 17.4. The molecule has 4 rings (SSSR count). The summed E-state index contributed by atoms with van der Waals surface area (Å²) < 4.78 is 19.8. The molecule has 1 amide bonds. The molecule has 27 heavy (non-hydrogen) atoms. The van der Waals surface area contributed by atoms with Gasteiger partial charge in [0.2, 0.25) is 0 Å². The molecule has 0 aliphatic carbocycles. The van der Waals surface area contributed by atoms with Crippen LogP contribution in [0.15, 0.2) is 59.0 Å². The average molecular weight is 380 g/mol. The largest absolute Gasteiger partial charge is 0.466 e. The molecule has 0 N–H and O–H groups in total. The zero-order chi connectivity index (χ0) is 19.0. The number of furan rings is 1. The minimum Gasteiger partial charge on any atom is -0.466 e. The van der Waals surface area contributed by atoms with E-state index in [1.165, 1.54) is 23.5 Å². The first-order chi connectivity index (χ1) is 13.0. The lowest BCUT2D eigenvalue weighted by Gasteiger charge is -2.19. The molecule has 2 aromatic carbocycles. The molecular formula is C21H17FN2O2S. The van der Waals surface area contributed by atoms with Gasteiger partial charge in [0.15, 0.2) is 5.13 Å². The van der Waals surface area contributed by atoms with Gasteiger partial charge in [-0.05, 0) is 43.7 Å². The first-order valence-corrected chi connectivity index (χ1v) is 9.32. The van der Waals surface area contributed by atoms with Crippen LogP contribution in [-0.2, 0) is 6.54 Å². The Morgan fingerprint density at radius 3 is 2.63 bits per heavy atom. The number of carbonyl (C=O) groups excluding carboxylic acids is 1. The molecule has 0 aliphatic heterocycles. The van der Waals surface area contributed by atoms with E-state index in [1.807, 2.05) is 37.3 Å². The maximum Gasteiger partial charge on any atom is 0.263 e. The van der Waals surface area contributed by atoms with Gasteiger partial charge in [0.05, 0.1) is 22.3 Å². The average Bonchev–Trinajstić information content (AvgIpc) is 3.22. The Labute approximate surface area is 159 Å². The molecule has 2 aromatic heterocycles. The lowest BCUT2D eigenvalue weighted by molar-refractivity contribution is 0.0983. The van der Waals surface area contributed by atoms with Crippen LogP contribution in [0.2, 0.25) is 0 Å². The van der Waals surface area contributed by atoms with E-state index in [0.29, 0.717) is 39.0 Å². The molecular weight excluding hydrogens is 363 g/mol. The SMILES string of the molecule is Cc1cc(C(=O)N(Cc2ccccc2)c2nc3ccc(F)cc3s2)c(C)o1. The molecule has 0 radical (unpaired) electrons. The molecule has 136 valence electrons. The van der Waals surface area contributed by atoms with Crippen molar-refractivity contribution in [3.8, 4) is 0 Å². The molecule has 0 fully saturated rings. The summed E-state index contributed by atoms with van der Waals surface area (Å²) in [4.78, 5) is 19.5. The smallest absolute Gasteiger partial charge is 0.263 e. The number of benzene rings is 2. The van der Waals surface area contributed by atoms with Gasteiger partial charge < -0.3 is 4.42 Å². The second kappa shape index (κ2) is 6.96. The number of halogens is 1. The van der Waals surface area contributed by atoms with Crippen molar-refractivity contribution in [2.75, 3.05) is 4.90 Å². The van der Waals surface area contributed by atoms with E-state index < -0.39 is 0 Å². The van der Waals surface area contributed by atoms with Crippen LogP contribution in [0.3, 0.4) is 0 Å². The summed E-state index contributed by atoms with van der Waals surface area (Å²) in [5.74, 6) is 0.747. The second-order valence-corrected chi connectivity index (χ2v) is 7.32. The van der Waals surface area contributed by atoms with Crippen molar-refractivity contribution in [1.29, 1.82) is 0 Å². The molecule has 0 atom stereocenters. The van der Waals surface area contributed by atoms with Crippen LogP contribution in [0.4, 0.5) is 9.52 Å². The molecule has 4 aromatic rings. The Kier molecular flexibility index (Phi) is 4.49. The summed E-state index contributed by atoms with van der Waals surface area (Å²) in [7, 11) is 0. The predicted octanol–water partition coefficient (Wildman–Crippen LogP) is 5.49. The summed E-state index contributed by atoms with van der Waals surface area (Å²) in [6.45, 7) is 3.95. The van der Waals surface area contributed by atoms with Crippen LogP contribution in [0.1, 0.15) is 27.4 Å². The van der Waals surface area contributed by atoms with Gasteiger partial charge in [-0.3, -0.25) is 9.69 Å². The van der Waals surface area contributed by atoms with Crippen LogP contribution in [-0.4, -0.2) is 10.9 Å². The fraction of sp³-hybridized carbons (Fsp3) is 0.143. The third kappa shape index (κ3) is 3.48. The molecule has 0 saturated carbocycles. The molecule has 0 aliphatic rings. The van der Waals surface area contributed by atoms with Crippen molar-refractivity contribution in [2.45, 2.75) is 20.4 Å². The van der Waals surface area contributed by atoms with Crippen LogP contribution in [0, 0.1) is 19.7 Å². The van der Waals surface area contributed by atoms with Crippen molar-refractivity contribution < 1.29 is 13.6 Å². The molecule has 6 heteroatoms. The lowest BCUT2D eigenvalue weighted by Crippen LogP contribution is -2.30. The molecule has 0 spiro atoms. The van der Waals surface area contributed by atoms with Crippen molar-refractivity contribution in [3.63, 3.8) is 0 Å². The summed E-state index contributed by atoms with van der Waals surface area (Å²) in [5.41, 5.74) is 2.16. The number of fused-ring (bicyclic) bond motifs is 1. The summed E-state index contributed by atoms with van der Waals surface area (Å²) in [6.07, 6.45) is 0. The first-order valence-electron chi connectivity index (χ1n) is 8.50. The fourth-order valence-corrected chi connectivity index (χ4v) is 3.97. The highest BCUT2D eigenvalue weighted by molar-refractivity contribution is 7.22. The Balaban J connectivity index is 1.79. The van der Waals surface area contributed by atoms with E-state index in [4.69, 9.17) is 4.42 Å². The minimum atomic E-state index is -0.320. The molecule has 0 saturated heterocycles. The van der Waals surface area contributed by atoms with Gasteiger partial charge in [0.25, 0.3) is 5.91 Å². The fourth-order valence-electron chi connectivity index (χ4n) is 2.98. The Hall–Kier alpha value is -2.99. The minimum absolute atomic E-state index is 0.187. The van der Waals surface area contributed by atoms with E-state index in [0.717, 1.165) is 5.56 Å². The van der Waals surface area contributed by atoms with Crippen molar-refractivity contribution >= 4 is 32.6 Å². The quantitative estimate of drug-likeness (QED) is 0.470. The highest BCUT2D eigenvalue weighted by Gasteiger charge is 2.25. The monoisotopic (exact) mass is 380 g/mol. The normalized spacial score (nSPS) is 11.1. The van der Waals surface area contributed by atoms with E-state index >= 15 is 0 Å². The Morgan fingerprint density at radius 1 is 1.15 bits per heavy atom. The number of thiazole rings is 1. The van der Waals surface area contributed by atoms with Crippen LogP contribution in [0.5, 0.6) is 0 Å². The van der Waals surface area contributed by atoms with E-state index in [1.54, 1.807) is 24.0 Å². The number of aromatic nitrogens is 1. The topological polar surface area (TPSA) is 46.3 Å². The van der Waals surface area contributed by atoms with Gasteiger partial charge in [-0.2, -0.15) is 0 Å². The van der Waals surface area contributed by atoms with Gasteiger partial charge in [-0.25, -0.2) is 9.37 Å². The van der Waals surface area contributed by atoms with E-state index in [9.17, 15) is 9.18 Å². The molecule has 0 bridgehead atoms. The lowest BCUT2D eigenvalue weighted by atomic mass is 10.2. The number of rotatable bonds is 4. The molecule has 2 heterocycles. The highest BCUT2D eigenvalue weighted by atomic mass is 32.1. The number of anilines is 1. The molecule has 0 unspecified atom stereocenters. The Morgan fingerprint density at radius 2 is 1.93 bits per heavy atom. The van der Waals surface area contributed by atoms with Gasteiger partial charge in [-0.1, -0.05) is 41.7 Å². The predicted molar refractivity (Wildman–Crippen MR) is 105 cm³/mol. The van der Waals surface area contributed by atoms with Gasteiger partial charge >= 0.3 is 0 Å². The van der Waals surface area contributed by atoms with Crippen LogP contribution >= 0.6 is 11.3 Å². The number of aryl methyl sites for hydroxylation is 2. The maximum atomic E-state index is 13.6. The highest BCUT2D eigenvalue weighted by Crippen LogP contribution is 2.32. The number of hydrogen-bond acceptors (Lipinski definition) is 4. The maximum absolute atomic E-state index is 13.6. The molecule has 4 nitrogen and oxygen atoms in total. The Bertz CT molecular complexity index is 1120. The standard InChI is InChI=1S/C21H17FN2O2S/c1-13-10-17(14(2)26-13)20(25)24(12-15-6-4-3-5-7-15)21-23-18-9-8-16(22)11-19(18)27-21/h3-11H,12H2,1-2H3. The van der Waals surface area contributed by atoms with Crippen molar-refractivity contribution in [2.24, 2.45) is 0 Å². The van der Waals surface area contributed by atoms with Crippen molar-refractivity contribution in [1.82, 2.24) is 4.98 Å². The zero-order valence-corrected chi connectivity index (χ0v) is 15.7. The summed E-state index contributed by atoms with van der Waals surface area (Å²) in [5, 5.41) is 0.530. The number of carbonyl (C=O) groups is 1. The van der Waals surface area contributed by atoms with E-state index in [-0.39, 0.29) is 11.7 Å². The van der Waals surface area contributed by atoms with Gasteiger partial charge in [-0.15, -0.1) is 0 Å². The number of nitrogens with zero attached hydrogens (tertiary/aromatic N) is 2. The van der Waals surface area contributed by atoms with Gasteiger partial charge in [0.1, 0.15) is 17.3 Å². The van der Waals surface area contributed by atoms with Crippen molar-refractivity contribution in [3.05, 3.63) is 83.1 Å². The summed E-state index contributed by atoms with van der Waals surface area (Å²) in [6, 6.07) is 15.9. The van der Waals surface area contributed by atoms with Gasteiger partial charge in [0, 0.05) is 0 Å².